The van der Waals surface area contributed by atoms with Crippen molar-refractivity contribution in [2.45, 2.75) is 0 Å². The highest BCUT2D eigenvalue weighted by Gasteiger charge is 2.18. The van der Waals surface area contributed by atoms with Crippen LogP contribution in [0.15, 0.2) is 154 Å². The largest absolute Gasteiger partial charge is 0.455 e. The van der Waals surface area contributed by atoms with Gasteiger partial charge in [0.25, 0.3) is 0 Å². The quantitative estimate of drug-likeness (QED) is 0.198. The zero-order valence-corrected chi connectivity index (χ0v) is 25.6. The Labute approximate surface area is 275 Å². The molecule has 0 bridgehead atoms. The van der Waals surface area contributed by atoms with Crippen LogP contribution in [0.3, 0.4) is 0 Å². The Morgan fingerprint density at radius 3 is 1.25 bits per heavy atom. The molecule has 2 aromatic heterocycles. The predicted molar refractivity (Wildman–Crippen MR) is 192 cm³/mol. The van der Waals surface area contributed by atoms with E-state index in [2.05, 4.69) is 72.8 Å². The molecule has 0 aliphatic rings. The Morgan fingerprint density at radius 1 is 0.375 bits per heavy atom. The number of benzene rings is 7. The van der Waals surface area contributed by atoms with Crippen molar-refractivity contribution >= 4 is 43.9 Å². The monoisotopic (exact) mass is 612 g/mol. The van der Waals surface area contributed by atoms with Crippen LogP contribution in [0.25, 0.3) is 88.4 Å². The Bertz CT molecular complexity index is 2640. The number of furan rings is 2. The molecule has 0 saturated heterocycles. The molecule has 9 rings (SSSR count). The van der Waals surface area contributed by atoms with Crippen molar-refractivity contribution in [1.82, 2.24) is 0 Å². The molecule has 4 nitrogen and oxygen atoms in total. The third kappa shape index (κ3) is 4.29. The van der Waals surface area contributed by atoms with E-state index in [1.165, 1.54) is 0 Å². The molecule has 0 saturated carbocycles. The van der Waals surface area contributed by atoms with Crippen molar-refractivity contribution in [2.75, 3.05) is 0 Å². The lowest BCUT2D eigenvalue weighted by Gasteiger charge is -2.14. The van der Waals surface area contributed by atoms with E-state index in [-0.39, 0.29) is 0 Å². The first-order valence-corrected chi connectivity index (χ1v) is 15.7. The van der Waals surface area contributed by atoms with Gasteiger partial charge in [-0.2, -0.15) is 10.5 Å². The van der Waals surface area contributed by atoms with Gasteiger partial charge in [0.2, 0.25) is 0 Å². The Morgan fingerprint density at radius 2 is 0.792 bits per heavy atom. The standard InChI is InChI=1S/C44H24N2O2/c45-25-27-21-38(30-11-5-9-28(23-30)32-15-7-17-36-34-13-1-3-19-41(34)47-43(32)36)40(26-46)39(22-27)31-12-6-10-29(24-31)33-16-8-18-37-35-14-2-4-20-42(35)48-44(33)37/h1-24H. The second kappa shape index (κ2) is 10.9. The van der Waals surface area contributed by atoms with Gasteiger partial charge in [-0.1, -0.05) is 109 Å². The summed E-state index contributed by atoms with van der Waals surface area (Å²) < 4.78 is 12.7. The van der Waals surface area contributed by atoms with Gasteiger partial charge in [-0.05, 0) is 58.7 Å². The van der Waals surface area contributed by atoms with Crippen molar-refractivity contribution < 1.29 is 8.83 Å². The zero-order chi connectivity index (χ0) is 32.2. The molecule has 0 unspecified atom stereocenters. The van der Waals surface area contributed by atoms with Gasteiger partial charge >= 0.3 is 0 Å². The third-order valence-electron chi connectivity index (χ3n) is 9.16. The molecule has 2 heterocycles. The molecular weight excluding hydrogens is 588 g/mol. The Hall–Kier alpha value is -6.88. The molecule has 0 fully saturated rings. The van der Waals surface area contributed by atoms with E-state index < -0.39 is 0 Å². The fourth-order valence-electron chi connectivity index (χ4n) is 6.94. The highest BCUT2D eigenvalue weighted by atomic mass is 16.3. The molecule has 0 amide bonds. The minimum Gasteiger partial charge on any atom is -0.455 e. The van der Waals surface area contributed by atoms with E-state index in [4.69, 9.17) is 8.83 Å². The fraction of sp³-hybridized carbons (Fsp3) is 0. The van der Waals surface area contributed by atoms with Crippen molar-refractivity contribution in [3.63, 3.8) is 0 Å². The lowest BCUT2D eigenvalue weighted by Crippen LogP contribution is -1.93. The highest BCUT2D eigenvalue weighted by Crippen LogP contribution is 2.41. The van der Waals surface area contributed by atoms with Crippen LogP contribution in [-0.4, -0.2) is 0 Å². The van der Waals surface area contributed by atoms with Gasteiger partial charge in [-0.15, -0.1) is 0 Å². The van der Waals surface area contributed by atoms with Crippen LogP contribution < -0.4 is 0 Å². The summed E-state index contributed by atoms with van der Waals surface area (Å²) in [6.45, 7) is 0. The maximum atomic E-state index is 10.6. The molecule has 7 aromatic carbocycles. The van der Waals surface area contributed by atoms with Crippen LogP contribution in [0.2, 0.25) is 0 Å². The molecule has 9 aromatic rings. The molecule has 0 radical (unpaired) electrons. The second-order valence-corrected chi connectivity index (χ2v) is 11.9. The van der Waals surface area contributed by atoms with Crippen LogP contribution >= 0.6 is 0 Å². The van der Waals surface area contributed by atoms with Crippen LogP contribution in [-0.2, 0) is 0 Å². The molecule has 222 valence electrons. The van der Waals surface area contributed by atoms with E-state index in [0.29, 0.717) is 22.3 Å². The van der Waals surface area contributed by atoms with Crippen molar-refractivity contribution in [3.05, 3.63) is 157 Å². The minimum absolute atomic E-state index is 0.480. The molecule has 0 spiro atoms. The molecule has 0 aliphatic carbocycles. The SMILES string of the molecule is N#Cc1cc(-c2cccc(-c3cccc4c3oc3ccccc34)c2)c(C#N)c(-c2cccc(-c3cccc4c3oc3ccccc34)c2)c1. The summed E-state index contributed by atoms with van der Waals surface area (Å²) in [4.78, 5) is 0. The summed E-state index contributed by atoms with van der Waals surface area (Å²) in [6, 6.07) is 53.1. The van der Waals surface area contributed by atoms with Gasteiger partial charge in [0.15, 0.2) is 0 Å². The summed E-state index contributed by atoms with van der Waals surface area (Å²) in [5.74, 6) is 0. The van der Waals surface area contributed by atoms with Crippen LogP contribution in [0, 0.1) is 22.7 Å². The average molecular weight is 613 g/mol. The van der Waals surface area contributed by atoms with Crippen LogP contribution in [0.1, 0.15) is 11.1 Å². The van der Waals surface area contributed by atoms with Crippen molar-refractivity contribution in [2.24, 2.45) is 0 Å². The average Bonchev–Trinajstić information content (AvgIpc) is 3.73. The Kier molecular flexibility index (Phi) is 6.22. The minimum atomic E-state index is 0.480. The first-order chi connectivity index (χ1) is 23.7. The van der Waals surface area contributed by atoms with E-state index >= 15 is 0 Å². The molecular formula is C44H24N2O2. The zero-order valence-electron chi connectivity index (χ0n) is 25.6. The van der Waals surface area contributed by atoms with Crippen molar-refractivity contribution in [1.29, 1.82) is 10.5 Å². The number of hydrogen-bond donors (Lipinski definition) is 0. The summed E-state index contributed by atoms with van der Waals surface area (Å²) >= 11 is 0. The lowest BCUT2D eigenvalue weighted by molar-refractivity contribution is 0.669. The van der Waals surface area contributed by atoms with E-state index in [0.717, 1.165) is 77.3 Å². The van der Waals surface area contributed by atoms with E-state index in [1.54, 1.807) is 0 Å². The fourth-order valence-corrected chi connectivity index (χ4v) is 6.94. The molecule has 0 N–H and O–H groups in total. The topological polar surface area (TPSA) is 73.9 Å². The van der Waals surface area contributed by atoms with E-state index in [9.17, 15) is 10.5 Å². The summed E-state index contributed by atoms with van der Waals surface area (Å²) in [6.07, 6.45) is 0. The molecule has 0 aliphatic heterocycles. The summed E-state index contributed by atoms with van der Waals surface area (Å²) in [7, 11) is 0. The number of rotatable bonds is 4. The van der Waals surface area contributed by atoms with Gasteiger partial charge in [-0.25, -0.2) is 0 Å². The van der Waals surface area contributed by atoms with E-state index in [1.807, 2.05) is 84.9 Å². The molecule has 0 atom stereocenters. The number of hydrogen-bond acceptors (Lipinski definition) is 4. The number of fused-ring (bicyclic) bond motifs is 6. The molecule has 48 heavy (non-hydrogen) atoms. The van der Waals surface area contributed by atoms with Gasteiger partial charge in [-0.3, -0.25) is 0 Å². The molecule has 4 heteroatoms. The normalized spacial score (nSPS) is 11.3. The number of nitrogens with zero attached hydrogens (tertiary/aromatic N) is 2. The van der Waals surface area contributed by atoms with Crippen LogP contribution in [0.4, 0.5) is 0 Å². The third-order valence-corrected chi connectivity index (χ3v) is 9.16. The summed E-state index contributed by atoms with van der Waals surface area (Å²) in [5, 5.41) is 25.0. The number of nitriles is 2. The van der Waals surface area contributed by atoms with Gasteiger partial charge in [0.05, 0.1) is 17.2 Å². The first kappa shape index (κ1) is 27.4. The Balaban J connectivity index is 1.19. The van der Waals surface area contributed by atoms with Crippen LogP contribution in [0.5, 0.6) is 0 Å². The van der Waals surface area contributed by atoms with Crippen molar-refractivity contribution in [3.8, 4) is 56.6 Å². The maximum absolute atomic E-state index is 10.6. The van der Waals surface area contributed by atoms with Gasteiger partial charge in [0.1, 0.15) is 28.4 Å². The number of para-hydroxylation sites is 4. The predicted octanol–water partition coefficient (Wildman–Crippen LogP) is 11.9. The van der Waals surface area contributed by atoms with Gasteiger partial charge < -0.3 is 8.83 Å². The first-order valence-electron chi connectivity index (χ1n) is 15.7. The lowest BCUT2D eigenvalue weighted by atomic mass is 9.88. The smallest absolute Gasteiger partial charge is 0.143 e. The second-order valence-electron chi connectivity index (χ2n) is 11.9. The van der Waals surface area contributed by atoms with Gasteiger partial charge in [0, 0.05) is 43.8 Å². The highest BCUT2D eigenvalue weighted by molar-refractivity contribution is 6.10. The maximum Gasteiger partial charge on any atom is 0.143 e. The summed E-state index contributed by atoms with van der Waals surface area (Å²) in [5.41, 5.74) is 11.3.